The molecule has 0 saturated carbocycles. The standard InChI is InChI=1S/C14H22N2O2/c1-4-6-13(15)14(17)16-10(2)11-7-5-8-12(9-11)18-3/h5,7-10,13H,4,6,15H2,1-3H3,(H,16,17)/t10-,13?/m0/s1. The highest BCUT2D eigenvalue weighted by Gasteiger charge is 2.15. The van der Waals surface area contributed by atoms with E-state index < -0.39 is 6.04 Å². The van der Waals surface area contributed by atoms with Crippen LogP contribution in [0.4, 0.5) is 0 Å². The number of ether oxygens (including phenoxy) is 1. The SMILES string of the molecule is CCCC(N)C(=O)N[C@@H](C)c1cccc(OC)c1. The van der Waals surface area contributed by atoms with Crippen molar-refractivity contribution in [2.24, 2.45) is 5.73 Å². The Labute approximate surface area is 109 Å². The van der Waals surface area contributed by atoms with Crippen LogP contribution in [-0.4, -0.2) is 19.1 Å². The Hall–Kier alpha value is -1.55. The highest BCUT2D eigenvalue weighted by atomic mass is 16.5. The zero-order valence-electron chi connectivity index (χ0n) is 11.3. The van der Waals surface area contributed by atoms with Crippen molar-refractivity contribution in [3.63, 3.8) is 0 Å². The van der Waals surface area contributed by atoms with Crippen molar-refractivity contribution in [2.45, 2.75) is 38.8 Å². The van der Waals surface area contributed by atoms with Crippen molar-refractivity contribution in [3.8, 4) is 5.75 Å². The Kier molecular flexibility index (Phi) is 5.65. The van der Waals surface area contributed by atoms with E-state index in [2.05, 4.69) is 5.32 Å². The maximum Gasteiger partial charge on any atom is 0.237 e. The van der Waals surface area contributed by atoms with E-state index in [1.165, 1.54) is 0 Å². The summed E-state index contributed by atoms with van der Waals surface area (Å²) in [5.41, 5.74) is 6.78. The van der Waals surface area contributed by atoms with Crippen molar-refractivity contribution in [1.82, 2.24) is 5.32 Å². The predicted molar refractivity (Wildman–Crippen MR) is 72.4 cm³/mol. The van der Waals surface area contributed by atoms with Crippen molar-refractivity contribution in [3.05, 3.63) is 29.8 Å². The molecular formula is C14H22N2O2. The Morgan fingerprint density at radius 3 is 2.83 bits per heavy atom. The summed E-state index contributed by atoms with van der Waals surface area (Å²) >= 11 is 0. The van der Waals surface area contributed by atoms with Crippen molar-refractivity contribution >= 4 is 5.91 Å². The first-order valence-corrected chi connectivity index (χ1v) is 6.28. The van der Waals surface area contributed by atoms with Crippen LogP contribution in [0.2, 0.25) is 0 Å². The number of nitrogens with two attached hydrogens (primary N) is 1. The van der Waals surface area contributed by atoms with Gasteiger partial charge in [-0.1, -0.05) is 25.5 Å². The fraction of sp³-hybridized carbons (Fsp3) is 0.500. The zero-order chi connectivity index (χ0) is 13.5. The van der Waals surface area contributed by atoms with Gasteiger partial charge in [-0.05, 0) is 31.0 Å². The molecule has 0 spiro atoms. The van der Waals surface area contributed by atoms with E-state index in [9.17, 15) is 4.79 Å². The molecule has 0 radical (unpaired) electrons. The molecular weight excluding hydrogens is 228 g/mol. The number of carbonyl (C=O) groups is 1. The Morgan fingerprint density at radius 2 is 2.22 bits per heavy atom. The summed E-state index contributed by atoms with van der Waals surface area (Å²) in [6, 6.07) is 7.15. The number of methoxy groups -OCH3 is 1. The fourth-order valence-corrected chi connectivity index (χ4v) is 1.76. The maximum atomic E-state index is 11.8. The van der Waals surface area contributed by atoms with Gasteiger partial charge in [-0.3, -0.25) is 4.79 Å². The summed E-state index contributed by atoms with van der Waals surface area (Å²) in [6.07, 6.45) is 1.61. The van der Waals surface area contributed by atoms with Gasteiger partial charge in [-0.15, -0.1) is 0 Å². The highest BCUT2D eigenvalue weighted by molar-refractivity contribution is 5.81. The van der Waals surface area contributed by atoms with Crippen molar-refractivity contribution < 1.29 is 9.53 Å². The largest absolute Gasteiger partial charge is 0.497 e. The third kappa shape index (κ3) is 4.04. The molecule has 3 N–H and O–H groups in total. The maximum absolute atomic E-state index is 11.8. The number of rotatable bonds is 6. The first-order valence-electron chi connectivity index (χ1n) is 6.28. The van der Waals surface area contributed by atoms with Crippen LogP contribution in [0.5, 0.6) is 5.75 Å². The van der Waals surface area contributed by atoms with Gasteiger partial charge in [0.1, 0.15) is 5.75 Å². The monoisotopic (exact) mass is 250 g/mol. The molecule has 1 amide bonds. The number of nitrogens with one attached hydrogen (secondary N) is 1. The van der Waals surface area contributed by atoms with Crippen molar-refractivity contribution in [1.29, 1.82) is 0 Å². The number of carbonyl (C=O) groups excluding carboxylic acids is 1. The van der Waals surface area contributed by atoms with E-state index in [0.717, 1.165) is 17.7 Å². The summed E-state index contributed by atoms with van der Waals surface area (Å²) in [5.74, 6) is 0.679. The molecule has 0 aliphatic heterocycles. The van der Waals surface area contributed by atoms with Gasteiger partial charge in [-0.25, -0.2) is 0 Å². The van der Waals surface area contributed by atoms with E-state index in [1.807, 2.05) is 38.1 Å². The molecule has 0 aromatic heterocycles. The van der Waals surface area contributed by atoms with Gasteiger partial charge < -0.3 is 15.8 Å². The Balaban J connectivity index is 2.64. The molecule has 0 aliphatic carbocycles. The van der Waals surface area contributed by atoms with Crippen molar-refractivity contribution in [2.75, 3.05) is 7.11 Å². The van der Waals surface area contributed by atoms with Gasteiger partial charge in [0.2, 0.25) is 5.91 Å². The molecule has 0 aliphatic rings. The van der Waals surface area contributed by atoms with Crippen LogP contribution in [0.3, 0.4) is 0 Å². The highest BCUT2D eigenvalue weighted by Crippen LogP contribution is 2.18. The topological polar surface area (TPSA) is 64.4 Å². The minimum atomic E-state index is -0.428. The second-order valence-corrected chi connectivity index (χ2v) is 4.40. The number of hydrogen-bond acceptors (Lipinski definition) is 3. The number of amides is 1. The van der Waals surface area contributed by atoms with E-state index in [4.69, 9.17) is 10.5 Å². The van der Waals surface area contributed by atoms with Gasteiger partial charge in [0.05, 0.1) is 19.2 Å². The summed E-state index contributed by atoms with van der Waals surface area (Å²) in [6.45, 7) is 3.95. The van der Waals surface area contributed by atoms with Crippen LogP contribution in [0, 0.1) is 0 Å². The quantitative estimate of drug-likeness (QED) is 0.811. The summed E-state index contributed by atoms with van der Waals surface area (Å²) in [4.78, 5) is 11.8. The van der Waals surface area contributed by atoms with Crippen LogP contribution < -0.4 is 15.8 Å². The van der Waals surface area contributed by atoms with Gasteiger partial charge in [0.25, 0.3) is 0 Å². The van der Waals surface area contributed by atoms with E-state index in [1.54, 1.807) is 7.11 Å². The van der Waals surface area contributed by atoms with Crippen LogP contribution in [0.1, 0.15) is 38.3 Å². The van der Waals surface area contributed by atoms with Crippen LogP contribution in [-0.2, 0) is 4.79 Å². The molecule has 4 nitrogen and oxygen atoms in total. The molecule has 1 aromatic rings. The Bertz CT molecular complexity index is 393. The minimum absolute atomic E-state index is 0.0736. The first kappa shape index (κ1) is 14.5. The summed E-state index contributed by atoms with van der Waals surface area (Å²) in [7, 11) is 1.62. The van der Waals surface area contributed by atoms with Crippen LogP contribution >= 0.6 is 0 Å². The van der Waals surface area contributed by atoms with Gasteiger partial charge in [0.15, 0.2) is 0 Å². The minimum Gasteiger partial charge on any atom is -0.497 e. The fourth-order valence-electron chi connectivity index (χ4n) is 1.76. The number of benzene rings is 1. The lowest BCUT2D eigenvalue weighted by molar-refractivity contribution is -0.123. The molecule has 2 atom stereocenters. The summed E-state index contributed by atoms with van der Waals surface area (Å²) < 4.78 is 5.16. The molecule has 100 valence electrons. The molecule has 1 unspecified atom stereocenters. The normalized spacial score (nSPS) is 13.8. The molecule has 4 heteroatoms. The third-order valence-corrected chi connectivity index (χ3v) is 2.89. The van der Waals surface area contributed by atoms with E-state index in [-0.39, 0.29) is 11.9 Å². The smallest absolute Gasteiger partial charge is 0.237 e. The van der Waals surface area contributed by atoms with E-state index >= 15 is 0 Å². The lowest BCUT2D eigenvalue weighted by atomic mass is 10.1. The lowest BCUT2D eigenvalue weighted by Crippen LogP contribution is -2.41. The number of hydrogen-bond donors (Lipinski definition) is 2. The molecule has 0 saturated heterocycles. The van der Waals surface area contributed by atoms with Crippen LogP contribution in [0.15, 0.2) is 24.3 Å². The van der Waals surface area contributed by atoms with Gasteiger partial charge >= 0.3 is 0 Å². The zero-order valence-corrected chi connectivity index (χ0v) is 11.3. The molecule has 0 fully saturated rings. The van der Waals surface area contributed by atoms with Gasteiger partial charge in [-0.2, -0.15) is 0 Å². The average Bonchev–Trinajstić information content (AvgIpc) is 2.39. The second kappa shape index (κ2) is 7.01. The molecule has 1 rings (SSSR count). The second-order valence-electron chi connectivity index (χ2n) is 4.40. The predicted octanol–water partition coefficient (Wildman–Crippen LogP) is 2.00. The average molecular weight is 250 g/mol. The lowest BCUT2D eigenvalue weighted by Gasteiger charge is -2.18. The molecule has 1 aromatic carbocycles. The van der Waals surface area contributed by atoms with E-state index in [0.29, 0.717) is 6.42 Å². The molecule has 0 bridgehead atoms. The summed E-state index contributed by atoms with van der Waals surface area (Å²) in [5, 5.41) is 2.91. The third-order valence-electron chi connectivity index (χ3n) is 2.89. The van der Waals surface area contributed by atoms with Crippen LogP contribution in [0.25, 0.3) is 0 Å². The van der Waals surface area contributed by atoms with Gasteiger partial charge in [0, 0.05) is 0 Å². The Morgan fingerprint density at radius 1 is 1.50 bits per heavy atom. The first-order chi connectivity index (χ1) is 8.58. The molecule has 0 heterocycles. The molecule has 18 heavy (non-hydrogen) atoms.